The number of rotatable bonds is 3. The van der Waals surface area contributed by atoms with Crippen LogP contribution in [0.1, 0.15) is 33.6 Å². The molecule has 1 aliphatic rings. The molecule has 3 nitrogen and oxygen atoms in total. The highest BCUT2D eigenvalue weighted by Crippen LogP contribution is 2.23. The average molecular weight is 328 g/mol. The Morgan fingerprint density at radius 2 is 1.65 bits per heavy atom. The number of hydrogen-bond donors (Lipinski definition) is 0. The highest BCUT2D eigenvalue weighted by atomic mass is 35.5. The molecule has 1 aliphatic heterocycles. The highest BCUT2D eigenvalue weighted by Gasteiger charge is 2.29. The van der Waals surface area contributed by atoms with E-state index in [1.54, 1.807) is 29.2 Å². The summed E-state index contributed by atoms with van der Waals surface area (Å²) in [5, 5.41) is 0.617. The van der Waals surface area contributed by atoms with Gasteiger partial charge in [-0.05, 0) is 49.2 Å². The van der Waals surface area contributed by atoms with Crippen molar-refractivity contribution in [2.45, 2.75) is 12.8 Å². The van der Waals surface area contributed by atoms with E-state index in [9.17, 15) is 9.59 Å². The topological polar surface area (TPSA) is 37.4 Å². The fourth-order valence-electron chi connectivity index (χ4n) is 2.99. The van der Waals surface area contributed by atoms with Gasteiger partial charge in [-0.3, -0.25) is 9.59 Å². The van der Waals surface area contributed by atoms with E-state index in [0.717, 1.165) is 12.8 Å². The first-order chi connectivity index (χ1) is 11.1. The molecule has 1 saturated heterocycles. The molecule has 1 heterocycles. The van der Waals surface area contributed by atoms with E-state index < -0.39 is 0 Å². The SMILES string of the molecule is O=C(c1ccc(Cl)cc1)C1CCCN(C(=O)c2ccccc2)C1. The Kier molecular flexibility index (Phi) is 4.77. The molecule has 4 heteroatoms. The van der Waals surface area contributed by atoms with Gasteiger partial charge in [0.25, 0.3) is 5.91 Å². The molecule has 0 saturated carbocycles. The lowest BCUT2D eigenvalue weighted by atomic mass is 9.89. The van der Waals surface area contributed by atoms with Gasteiger partial charge in [0.15, 0.2) is 5.78 Å². The quantitative estimate of drug-likeness (QED) is 0.797. The first kappa shape index (κ1) is 15.8. The Hall–Kier alpha value is -2.13. The first-order valence-corrected chi connectivity index (χ1v) is 8.17. The van der Waals surface area contributed by atoms with Crippen molar-refractivity contribution < 1.29 is 9.59 Å². The molecule has 0 spiro atoms. The Balaban J connectivity index is 1.72. The minimum Gasteiger partial charge on any atom is -0.338 e. The van der Waals surface area contributed by atoms with Crippen LogP contribution >= 0.6 is 11.6 Å². The van der Waals surface area contributed by atoms with Gasteiger partial charge in [-0.25, -0.2) is 0 Å². The van der Waals surface area contributed by atoms with Crippen molar-refractivity contribution in [3.63, 3.8) is 0 Å². The number of likely N-dealkylation sites (tertiary alicyclic amines) is 1. The number of hydrogen-bond acceptors (Lipinski definition) is 2. The van der Waals surface area contributed by atoms with Gasteiger partial charge in [0.1, 0.15) is 0 Å². The predicted molar refractivity (Wildman–Crippen MR) is 90.9 cm³/mol. The molecule has 1 atom stereocenters. The van der Waals surface area contributed by atoms with Crippen LogP contribution in [0.4, 0.5) is 0 Å². The van der Waals surface area contributed by atoms with Crippen LogP contribution in [-0.2, 0) is 0 Å². The second-order valence-electron chi connectivity index (χ2n) is 5.83. The van der Waals surface area contributed by atoms with Crippen LogP contribution in [-0.4, -0.2) is 29.7 Å². The molecule has 0 aliphatic carbocycles. The largest absolute Gasteiger partial charge is 0.338 e. The van der Waals surface area contributed by atoms with Crippen molar-refractivity contribution in [3.05, 3.63) is 70.7 Å². The van der Waals surface area contributed by atoms with Gasteiger partial charge in [-0.1, -0.05) is 29.8 Å². The standard InChI is InChI=1S/C19H18ClNO2/c20-17-10-8-14(9-11-17)18(22)16-7-4-12-21(13-16)19(23)15-5-2-1-3-6-15/h1-3,5-6,8-11,16H,4,7,12-13H2. The summed E-state index contributed by atoms with van der Waals surface area (Å²) in [6.45, 7) is 1.19. The van der Waals surface area contributed by atoms with E-state index in [2.05, 4.69) is 0 Å². The molecular formula is C19H18ClNO2. The van der Waals surface area contributed by atoms with E-state index in [1.807, 2.05) is 30.3 Å². The minimum absolute atomic E-state index is 0.000735. The number of piperidine rings is 1. The molecule has 2 aromatic carbocycles. The lowest BCUT2D eigenvalue weighted by Crippen LogP contribution is -2.42. The molecule has 0 N–H and O–H groups in total. The van der Waals surface area contributed by atoms with Crippen LogP contribution in [0.5, 0.6) is 0 Å². The van der Waals surface area contributed by atoms with Gasteiger partial charge in [-0.2, -0.15) is 0 Å². The van der Waals surface area contributed by atoms with Crippen LogP contribution in [0.15, 0.2) is 54.6 Å². The zero-order valence-electron chi connectivity index (χ0n) is 12.7. The number of carbonyl (C=O) groups is 2. The van der Waals surface area contributed by atoms with Crippen LogP contribution in [0.25, 0.3) is 0 Å². The zero-order chi connectivity index (χ0) is 16.2. The lowest BCUT2D eigenvalue weighted by molar-refractivity contribution is 0.0637. The molecule has 1 unspecified atom stereocenters. The summed E-state index contributed by atoms with van der Waals surface area (Å²) in [6.07, 6.45) is 1.67. The zero-order valence-corrected chi connectivity index (χ0v) is 13.5. The summed E-state index contributed by atoms with van der Waals surface area (Å²) in [4.78, 5) is 27.0. The number of ketones is 1. The second-order valence-corrected chi connectivity index (χ2v) is 6.26. The average Bonchev–Trinajstić information content (AvgIpc) is 2.62. The Labute approximate surface area is 140 Å². The fourth-order valence-corrected chi connectivity index (χ4v) is 3.11. The second kappa shape index (κ2) is 6.97. The Morgan fingerprint density at radius 1 is 0.957 bits per heavy atom. The Morgan fingerprint density at radius 3 is 2.35 bits per heavy atom. The fraction of sp³-hybridized carbons (Fsp3) is 0.263. The van der Waals surface area contributed by atoms with Crippen LogP contribution < -0.4 is 0 Å². The maximum Gasteiger partial charge on any atom is 0.253 e. The van der Waals surface area contributed by atoms with E-state index in [-0.39, 0.29) is 17.6 Å². The normalized spacial score (nSPS) is 17.8. The van der Waals surface area contributed by atoms with Gasteiger partial charge >= 0.3 is 0 Å². The molecule has 0 aromatic heterocycles. The summed E-state index contributed by atoms with van der Waals surface area (Å²) in [5.41, 5.74) is 1.33. The molecular weight excluding hydrogens is 310 g/mol. The summed E-state index contributed by atoms with van der Waals surface area (Å²) in [6, 6.07) is 16.2. The number of nitrogens with zero attached hydrogens (tertiary/aromatic N) is 1. The van der Waals surface area contributed by atoms with Crippen molar-refractivity contribution in [2.24, 2.45) is 5.92 Å². The molecule has 23 heavy (non-hydrogen) atoms. The Bertz CT molecular complexity index is 697. The third-order valence-corrected chi connectivity index (χ3v) is 4.48. The van der Waals surface area contributed by atoms with Crippen LogP contribution in [0, 0.1) is 5.92 Å². The van der Waals surface area contributed by atoms with Crippen molar-refractivity contribution >= 4 is 23.3 Å². The van der Waals surface area contributed by atoms with Crippen molar-refractivity contribution in [1.82, 2.24) is 4.90 Å². The van der Waals surface area contributed by atoms with E-state index >= 15 is 0 Å². The maximum absolute atomic E-state index is 12.6. The van der Waals surface area contributed by atoms with E-state index in [0.29, 0.717) is 29.2 Å². The lowest BCUT2D eigenvalue weighted by Gasteiger charge is -2.32. The van der Waals surface area contributed by atoms with E-state index in [1.165, 1.54) is 0 Å². The van der Waals surface area contributed by atoms with Gasteiger partial charge in [-0.15, -0.1) is 0 Å². The molecule has 2 aromatic rings. The number of halogens is 1. The van der Waals surface area contributed by atoms with Gasteiger partial charge in [0.05, 0.1) is 0 Å². The first-order valence-electron chi connectivity index (χ1n) is 7.79. The summed E-state index contributed by atoms with van der Waals surface area (Å²) >= 11 is 5.87. The summed E-state index contributed by atoms with van der Waals surface area (Å²) < 4.78 is 0. The molecule has 3 rings (SSSR count). The summed E-state index contributed by atoms with van der Waals surface area (Å²) in [7, 11) is 0. The smallest absolute Gasteiger partial charge is 0.253 e. The monoisotopic (exact) mass is 327 g/mol. The molecule has 118 valence electrons. The minimum atomic E-state index is -0.141. The summed E-state index contributed by atoms with van der Waals surface area (Å²) in [5.74, 6) is -0.0518. The van der Waals surface area contributed by atoms with Crippen molar-refractivity contribution in [1.29, 1.82) is 0 Å². The number of amides is 1. The van der Waals surface area contributed by atoms with Crippen molar-refractivity contribution in [3.8, 4) is 0 Å². The van der Waals surface area contributed by atoms with Crippen LogP contribution in [0.3, 0.4) is 0 Å². The third-order valence-electron chi connectivity index (χ3n) is 4.23. The highest BCUT2D eigenvalue weighted by molar-refractivity contribution is 6.30. The molecule has 1 amide bonds. The van der Waals surface area contributed by atoms with Gasteiger partial charge in [0.2, 0.25) is 0 Å². The van der Waals surface area contributed by atoms with Crippen LogP contribution in [0.2, 0.25) is 5.02 Å². The number of Topliss-reactive ketones (excluding diaryl/α,β-unsaturated/α-hetero) is 1. The molecule has 0 bridgehead atoms. The number of carbonyl (C=O) groups excluding carboxylic acids is 2. The molecule has 0 radical (unpaired) electrons. The van der Waals surface area contributed by atoms with Gasteiger partial charge in [0, 0.05) is 35.2 Å². The molecule has 1 fully saturated rings. The predicted octanol–water partition coefficient (Wildman–Crippen LogP) is 4.08. The maximum atomic E-state index is 12.6. The van der Waals surface area contributed by atoms with Crippen molar-refractivity contribution in [2.75, 3.05) is 13.1 Å². The third kappa shape index (κ3) is 3.62. The van der Waals surface area contributed by atoms with Gasteiger partial charge < -0.3 is 4.90 Å². The number of benzene rings is 2. The van der Waals surface area contributed by atoms with E-state index in [4.69, 9.17) is 11.6 Å².